The van der Waals surface area contributed by atoms with Crippen molar-refractivity contribution in [3.05, 3.63) is 35.4 Å². The van der Waals surface area contributed by atoms with Gasteiger partial charge in [0.1, 0.15) is 0 Å². The number of piperidine rings is 1. The highest BCUT2D eigenvalue weighted by Crippen LogP contribution is 2.32. The van der Waals surface area contributed by atoms with Crippen molar-refractivity contribution in [3.8, 4) is 0 Å². The Labute approximate surface area is 128 Å². The monoisotopic (exact) mass is 284 g/mol. The number of nitrogens with zero attached hydrogens (tertiary/aromatic N) is 1. The molecule has 2 heteroatoms. The molecule has 0 spiro atoms. The quantitative estimate of drug-likeness (QED) is 0.916. The van der Waals surface area contributed by atoms with E-state index < -0.39 is 0 Å². The average Bonchev–Trinajstić information content (AvgIpc) is 2.96. The van der Waals surface area contributed by atoms with Gasteiger partial charge in [-0.1, -0.05) is 30.7 Å². The number of fused-ring (bicyclic) bond motifs is 2. The fourth-order valence-corrected chi connectivity index (χ4v) is 4.85. The molecule has 0 bridgehead atoms. The third-order valence-corrected chi connectivity index (χ3v) is 5.98. The van der Waals surface area contributed by atoms with Crippen LogP contribution < -0.4 is 5.32 Å². The number of benzene rings is 1. The lowest BCUT2D eigenvalue weighted by Gasteiger charge is -2.34. The van der Waals surface area contributed by atoms with Gasteiger partial charge in [-0.15, -0.1) is 0 Å². The number of rotatable bonds is 3. The molecule has 3 unspecified atom stereocenters. The number of hydrogen-bond donors (Lipinski definition) is 1. The van der Waals surface area contributed by atoms with Gasteiger partial charge in [-0.2, -0.15) is 0 Å². The molecule has 2 heterocycles. The Hall–Kier alpha value is -0.860. The minimum absolute atomic E-state index is 0.743. The van der Waals surface area contributed by atoms with Gasteiger partial charge >= 0.3 is 0 Å². The van der Waals surface area contributed by atoms with Crippen molar-refractivity contribution in [2.24, 2.45) is 0 Å². The molecule has 3 atom stereocenters. The van der Waals surface area contributed by atoms with Crippen LogP contribution in [0.5, 0.6) is 0 Å². The van der Waals surface area contributed by atoms with Gasteiger partial charge in [0.25, 0.3) is 0 Å². The Balaban J connectivity index is 1.39. The Morgan fingerprint density at radius 1 is 1.00 bits per heavy atom. The molecule has 0 amide bonds. The molecular formula is C19H28N2. The highest BCUT2D eigenvalue weighted by molar-refractivity contribution is 5.32. The van der Waals surface area contributed by atoms with Crippen LogP contribution in [0.25, 0.3) is 0 Å². The van der Waals surface area contributed by atoms with E-state index in [1.54, 1.807) is 11.1 Å². The molecule has 1 N–H and O–H groups in total. The number of nitrogens with one attached hydrogen (secondary N) is 1. The molecule has 3 aliphatic rings. The van der Waals surface area contributed by atoms with Gasteiger partial charge < -0.3 is 5.32 Å². The third kappa shape index (κ3) is 2.76. The molecule has 2 nitrogen and oxygen atoms in total. The molecule has 4 rings (SSSR count). The Morgan fingerprint density at radius 2 is 1.95 bits per heavy atom. The van der Waals surface area contributed by atoms with Crippen molar-refractivity contribution < 1.29 is 0 Å². The van der Waals surface area contributed by atoms with Crippen molar-refractivity contribution in [1.29, 1.82) is 0 Å². The highest BCUT2D eigenvalue weighted by Gasteiger charge is 2.35. The first-order valence-electron chi connectivity index (χ1n) is 8.97. The van der Waals surface area contributed by atoms with Crippen LogP contribution in [-0.2, 0) is 6.42 Å². The molecule has 1 aromatic carbocycles. The van der Waals surface area contributed by atoms with Crippen molar-refractivity contribution in [3.63, 3.8) is 0 Å². The van der Waals surface area contributed by atoms with Gasteiger partial charge in [0, 0.05) is 25.2 Å². The predicted molar refractivity (Wildman–Crippen MR) is 87.7 cm³/mol. The second kappa shape index (κ2) is 6.10. The summed E-state index contributed by atoms with van der Waals surface area (Å²) in [4.78, 5) is 2.73. The normalized spacial score (nSPS) is 32.7. The SMILES string of the molecule is c1ccc2c(c1)CCCC2CNC1CCN2CCCCC12. The van der Waals surface area contributed by atoms with Gasteiger partial charge in [0.2, 0.25) is 0 Å². The van der Waals surface area contributed by atoms with Gasteiger partial charge in [0.05, 0.1) is 0 Å². The topological polar surface area (TPSA) is 15.3 Å². The summed E-state index contributed by atoms with van der Waals surface area (Å²) in [5.41, 5.74) is 3.22. The summed E-state index contributed by atoms with van der Waals surface area (Å²) in [5.74, 6) is 0.743. The Bertz CT molecular complexity index is 484. The molecule has 1 aromatic rings. The molecule has 21 heavy (non-hydrogen) atoms. The lowest BCUT2D eigenvalue weighted by molar-refractivity contribution is 0.179. The van der Waals surface area contributed by atoms with E-state index in [9.17, 15) is 0 Å². The van der Waals surface area contributed by atoms with E-state index in [1.807, 2.05) is 0 Å². The van der Waals surface area contributed by atoms with Gasteiger partial charge in [-0.25, -0.2) is 0 Å². The van der Waals surface area contributed by atoms with Crippen LogP contribution in [0.1, 0.15) is 55.6 Å². The Morgan fingerprint density at radius 3 is 2.95 bits per heavy atom. The lowest BCUT2D eigenvalue weighted by Crippen LogP contribution is -2.46. The maximum absolute atomic E-state index is 3.95. The van der Waals surface area contributed by atoms with Crippen LogP contribution in [-0.4, -0.2) is 36.6 Å². The standard InChI is InChI=1S/C19H28N2/c1-2-9-17-15(6-1)7-5-8-16(17)14-20-18-11-13-21-12-4-3-10-19(18)21/h1-2,6,9,16,18-20H,3-5,7-8,10-14H2. The second-order valence-electron chi connectivity index (χ2n) is 7.19. The first kappa shape index (κ1) is 13.8. The van der Waals surface area contributed by atoms with Gasteiger partial charge in [-0.3, -0.25) is 4.90 Å². The molecule has 0 saturated carbocycles. The van der Waals surface area contributed by atoms with E-state index in [4.69, 9.17) is 0 Å². The van der Waals surface area contributed by atoms with Crippen LogP contribution in [0, 0.1) is 0 Å². The molecule has 0 aromatic heterocycles. The van der Waals surface area contributed by atoms with Crippen LogP contribution in [0.4, 0.5) is 0 Å². The molecular weight excluding hydrogens is 256 g/mol. The highest BCUT2D eigenvalue weighted by atomic mass is 15.2. The van der Waals surface area contributed by atoms with Crippen molar-refractivity contribution in [2.75, 3.05) is 19.6 Å². The minimum Gasteiger partial charge on any atom is -0.312 e. The molecule has 2 aliphatic heterocycles. The lowest BCUT2D eigenvalue weighted by atomic mass is 9.82. The summed E-state index contributed by atoms with van der Waals surface area (Å²) in [5, 5.41) is 3.95. The van der Waals surface area contributed by atoms with Crippen molar-refractivity contribution in [2.45, 2.75) is 62.9 Å². The Kier molecular flexibility index (Phi) is 4.00. The summed E-state index contributed by atoms with van der Waals surface area (Å²) in [7, 11) is 0. The van der Waals surface area contributed by atoms with E-state index in [0.717, 1.165) is 18.0 Å². The van der Waals surface area contributed by atoms with Gasteiger partial charge in [0.15, 0.2) is 0 Å². The molecule has 114 valence electrons. The van der Waals surface area contributed by atoms with E-state index in [2.05, 4.69) is 34.5 Å². The number of hydrogen-bond acceptors (Lipinski definition) is 2. The fraction of sp³-hybridized carbons (Fsp3) is 0.684. The maximum atomic E-state index is 3.95. The van der Waals surface area contributed by atoms with E-state index in [-0.39, 0.29) is 0 Å². The summed E-state index contributed by atoms with van der Waals surface area (Å²) >= 11 is 0. The molecule has 0 radical (unpaired) electrons. The summed E-state index contributed by atoms with van der Waals surface area (Å²) in [6, 6.07) is 10.7. The smallest absolute Gasteiger partial charge is 0.0249 e. The average molecular weight is 284 g/mol. The number of aryl methyl sites for hydroxylation is 1. The molecule has 2 fully saturated rings. The zero-order valence-corrected chi connectivity index (χ0v) is 13.1. The van der Waals surface area contributed by atoms with Crippen molar-refractivity contribution in [1.82, 2.24) is 10.2 Å². The molecule has 2 saturated heterocycles. The first-order valence-corrected chi connectivity index (χ1v) is 8.97. The zero-order valence-electron chi connectivity index (χ0n) is 13.1. The summed E-state index contributed by atoms with van der Waals surface area (Å²) in [6.07, 6.45) is 9.64. The van der Waals surface area contributed by atoms with E-state index >= 15 is 0 Å². The molecule has 1 aliphatic carbocycles. The third-order valence-electron chi connectivity index (χ3n) is 5.98. The van der Waals surface area contributed by atoms with Crippen molar-refractivity contribution >= 4 is 0 Å². The predicted octanol–water partition coefficient (Wildman–Crippen LogP) is 3.32. The van der Waals surface area contributed by atoms with Gasteiger partial charge in [-0.05, 0) is 62.1 Å². The zero-order chi connectivity index (χ0) is 14.1. The van der Waals surface area contributed by atoms with Crippen LogP contribution >= 0.6 is 0 Å². The summed E-state index contributed by atoms with van der Waals surface area (Å²) < 4.78 is 0. The largest absolute Gasteiger partial charge is 0.312 e. The fourth-order valence-electron chi connectivity index (χ4n) is 4.85. The maximum Gasteiger partial charge on any atom is 0.0249 e. The van der Waals surface area contributed by atoms with Crippen LogP contribution in [0.3, 0.4) is 0 Å². The summed E-state index contributed by atoms with van der Waals surface area (Å²) in [6.45, 7) is 3.85. The first-order chi connectivity index (χ1) is 10.4. The minimum atomic E-state index is 0.743. The van der Waals surface area contributed by atoms with E-state index in [0.29, 0.717) is 0 Å². The van der Waals surface area contributed by atoms with Crippen LogP contribution in [0.2, 0.25) is 0 Å². The second-order valence-corrected chi connectivity index (χ2v) is 7.19. The van der Waals surface area contributed by atoms with Crippen LogP contribution in [0.15, 0.2) is 24.3 Å². The van der Waals surface area contributed by atoms with E-state index in [1.165, 1.54) is 64.6 Å².